The van der Waals surface area contributed by atoms with Crippen LogP contribution in [0.25, 0.3) is 0 Å². The number of aliphatic imine (C=N–C) groups is 1. The van der Waals surface area contributed by atoms with Crippen molar-refractivity contribution >= 4 is 17.4 Å². The van der Waals surface area contributed by atoms with E-state index in [9.17, 15) is 0 Å². The molecule has 0 saturated heterocycles. The number of rotatable bonds is 0. The molecule has 12 heavy (non-hydrogen) atoms. The number of aryl methyl sites for hydroxylation is 1. The molecule has 1 heterocycles. The summed E-state index contributed by atoms with van der Waals surface area (Å²) in [5, 5.41) is 2.14. The van der Waals surface area contributed by atoms with Crippen LogP contribution in [0.3, 0.4) is 0 Å². The Labute approximate surface area is 75.6 Å². The Balaban J connectivity index is 2.86. The van der Waals surface area contributed by atoms with Gasteiger partial charge in [-0.15, -0.1) is 4.99 Å². The first-order valence-corrected chi connectivity index (χ1v) is 3.60. The molecule has 3 nitrogen and oxygen atoms in total. The van der Waals surface area contributed by atoms with E-state index >= 15 is 0 Å². The summed E-state index contributed by atoms with van der Waals surface area (Å²) in [5.41, 5.74) is 0.717. The molecule has 4 heteroatoms. The van der Waals surface area contributed by atoms with Crippen LogP contribution in [0.2, 0.25) is 0 Å². The van der Waals surface area contributed by atoms with Gasteiger partial charge in [-0.1, -0.05) is 0 Å². The van der Waals surface area contributed by atoms with Gasteiger partial charge >= 0.3 is 0 Å². The van der Waals surface area contributed by atoms with Gasteiger partial charge in [0, 0.05) is 12.4 Å². The Bertz CT molecular complexity index is 366. The molecule has 0 saturated carbocycles. The highest BCUT2D eigenvalue weighted by Crippen LogP contribution is 1.91. The van der Waals surface area contributed by atoms with Crippen LogP contribution in [-0.4, -0.2) is 15.1 Å². The van der Waals surface area contributed by atoms with Crippen molar-refractivity contribution < 1.29 is 0 Å². The summed E-state index contributed by atoms with van der Waals surface area (Å²) in [7, 11) is 0. The zero-order chi connectivity index (χ0) is 8.81. The Morgan fingerprint density at radius 1 is 1.42 bits per heavy atom. The number of aromatic nitrogens is 2. The Morgan fingerprint density at radius 2 is 2.08 bits per heavy atom. The fraction of sp³-hybridized carbons (Fsp3) is 0.125. The topological polar surface area (TPSA) is 38.1 Å². The summed E-state index contributed by atoms with van der Waals surface area (Å²) in [6.45, 7) is 1.81. The van der Waals surface area contributed by atoms with Gasteiger partial charge in [-0.05, 0) is 25.1 Å². The monoisotopic (exact) mass is 175 g/mol. The van der Waals surface area contributed by atoms with E-state index in [2.05, 4.69) is 44.3 Å². The van der Waals surface area contributed by atoms with Crippen LogP contribution < -0.4 is 0 Å². The minimum Gasteiger partial charge on any atom is -0.240 e. The van der Waals surface area contributed by atoms with Gasteiger partial charge in [-0.25, -0.2) is 9.97 Å². The fourth-order valence-electron chi connectivity index (χ4n) is 0.572. The molecular formula is C8H5N3S. The highest BCUT2D eigenvalue weighted by atomic mass is 32.1. The van der Waals surface area contributed by atoms with Gasteiger partial charge < -0.3 is 0 Å². The van der Waals surface area contributed by atoms with Crippen molar-refractivity contribution in [3.63, 3.8) is 0 Å². The maximum absolute atomic E-state index is 4.34. The van der Waals surface area contributed by atoms with Gasteiger partial charge in [0.15, 0.2) is 0 Å². The van der Waals surface area contributed by atoms with Crippen LogP contribution in [0.5, 0.6) is 0 Å². The highest BCUT2D eigenvalue weighted by Gasteiger charge is 1.86. The van der Waals surface area contributed by atoms with Crippen LogP contribution >= 0.6 is 12.2 Å². The van der Waals surface area contributed by atoms with Gasteiger partial charge in [0.2, 0.25) is 0 Å². The molecule has 0 bridgehead atoms. The van der Waals surface area contributed by atoms with Crippen molar-refractivity contribution in [1.29, 1.82) is 0 Å². The number of hydrogen-bond acceptors (Lipinski definition) is 4. The molecule has 0 aliphatic rings. The number of isothiocyanates is 1. The average Bonchev–Trinajstić information content (AvgIpc) is 2.09. The van der Waals surface area contributed by atoms with Crippen molar-refractivity contribution in [3.8, 4) is 12.0 Å². The van der Waals surface area contributed by atoms with Crippen LogP contribution in [-0.2, 0) is 0 Å². The van der Waals surface area contributed by atoms with Gasteiger partial charge in [0.1, 0.15) is 5.82 Å². The molecule has 0 aliphatic heterocycles. The first kappa shape index (κ1) is 8.54. The van der Waals surface area contributed by atoms with Gasteiger partial charge in [-0.3, -0.25) is 0 Å². The number of nitrogens with zero attached hydrogens (tertiary/aromatic N) is 3. The quantitative estimate of drug-likeness (QED) is 0.338. The van der Waals surface area contributed by atoms with Crippen molar-refractivity contribution in [2.45, 2.75) is 6.92 Å². The predicted octanol–water partition coefficient (Wildman–Crippen LogP) is 1.20. The summed E-state index contributed by atoms with van der Waals surface area (Å²) in [6.07, 6.45) is 3.27. The van der Waals surface area contributed by atoms with Gasteiger partial charge in [-0.2, -0.15) is 0 Å². The second-order valence-electron chi connectivity index (χ2n) is 1.96. The third-order valence-corrected chi connectivity index (χ3v) is 1.17. The van der Waals surface area contributed by atoms with E-state index in [0.29, 0.717) is 0 Å². The minimum atomic E-state index is 0.717. The Kier molecular flexibility index (Phi) is 3.09. The molecule has 0 unspecified atom stereocenters. The maximum atomic E-state index is 4.34. The van der Waals surface area contributed by atoms with Crippen molar-refractivity contribution in [3.05, 3.63) is 23.8 Å². The second kappa shape index (κ2) is 4.35. The zero-order valence-electron chi connectivity index (χ0n) is 6.40. The first-order chi connectivity index (χ1) is 5.83. The predicted molar refractivity (Wildman–Crippen MR) is 48.7 cm³/mol. The highest BCUT2D eigenvalue weighted by molar-refractivity contribution is 7.78. The summed E-state index contributed by atoms with van der Waals surface area (Å²) < 4.78 is 0. The summed E-state index contributed by atoms with van der Waals surface area (Å²) in [6, 6.07) is 2.45. The van der Waals surface area contributed by atoms with Crippen molar-refractivity contribution in [2.24, 2.45) is 4.99 Å². The van der Waals surface area contributed by atoms with E-state index in [0.717, 1.165) is 11.4 Å². The van der Waals surface area contributed by atoms with Crippen molar-refractivity contribution in [1.82, 2.24) is 9.97 Å². The Hall–Kier alpha value is -1.56. The Morgan fingerprint density at radius 3 is 2.67 bits per heavy atom. The van der Waals surface area contributed by atoms with E-state index in [1.54, 1.807) is 12.4 Å². The molecule has 0 aromatic carbocycles. The molecule has 1 aromatic heterocycles. The molecular weight excluding hydrogens is 170 g/mol. The second-order valence-corrected chi connectivity index (χ2v) is 2.14. The number of thiocarbonyl (C=S) groups is 1. The van der Waals surface area contributed by atoms with Gasteiger partial charge in [0.05, 0.1) is 16.8 Å². The first-order valence-electron chi connectivity index (χ1n) is 3.19. The SMILES string of the molecule is Cc1ncc(C#CN=C=S)cn1. The molecule has 0 atom stereocenters. The third-order valence-electron chi connectivity index (χ3n) is 1.08. The summed E-state index contributed by atoms with van der Waals surface area (Å²) >= 11 is 4.34. The zero-order valence-corrected chi connectivity index (χ0v) is 7.22. The lowest BCUT2D eigenvalue weighted by Gasteiger charge is -1.88. The maximum Gasteiger partial charge on any atom is 0.125 e. The molecule has 0 radical (unpaired) electrons. The minimum absolute atomic E-state index is 0.717. The number of hydrogen-bond donors (Lipinski definition) is 0. The average molecular weight is 175 g/mol. The van der Waals surface area contributed by atoms with E-state index < -0.39 is 0 Å². The molecule has 1 rings (SSSR count). The van der Waals surface area contributed by atoms with E-state index in [-0.39, 0.29) is 0 Å². The molecule has 0 spiro atoms. The van der Waals surface area contributed by atoms with Crippen LogP contribution in [0.4, 0.5) is 0 Å². The smallest absolute Gasteiger partial charge is 0.125 e. The van der Waals surface area contributed by atoms with E-state index in [1.807, 2.05) is 6.92 Å². The lowest BCUT2D eigenvalue weighted by Crippen LogP contribution is -1.86. The van der Waals surface area contributed by atoms with Gasteiger partial charge in [0.25, 0.3) is 0 Å². The lowest BCUT2D eigenvalue weighted by atomic mass is 10.3. The largest absolute Gasteiger partial charge is 0.240 e. The third kappa shape index (κ3) is 2.59. The normalized spacial score (nSPS) is 7.75. The molecule has 58 valence electrons. The molecule has 0 amide bonds. The van der Waals surface area contributed by atoms with E-state index in [4.69, 9.17) is 0 Å². The summed E-state index contributed by atoms with van der Waals surface area (Å²) in [4.78, 5) is 11.3. The standard InChI is InChI=1S/C8H5N3S/c1-7-10-4-8(5-11-7)2-3-9-6-12/h4-5H,1H3. The van der Waals surface area contributed by atoms with E-state index in [1.165, 1.54) is 0 Å². The molecule has 1 aromatic rings. The molecule has 0 fully saturated rings. The summed E-state index contributed by atoms with van der Waals surface area (Å²) in [5.74, 6) is 3.42. The van der Waals surface area contributed by atoms with Crippen LogP contribution in [0, 0.1) is 18.9 Å². The van der Waals surface area contributed by atoms with Crippen molar-refractivity contribution in [2.75, 3.05) is 0 Å². The fourth-order valence-corrected chi connectivity index (χ4v) is 0.618. The van der Waals surface area contributed by atoms with Crippen LogP contribution in [0.1, 0.15) is 11.4 Å². The molecule has 0 aliphatic carbocycles. The van der Waals surface area contributed by atoms with Crippen LogP contribution in [0.15, 0.2) is 17.4 Å². The lowest BCUT2D eigenvalue weighted by molar-refractivity contribution is 1.05. The molecule has 0 N–H and O–H groups in total.